The van der Waals surface area contributed by atoms with Crippen molar-refractivity contribution in [2.24, 2.45) is 4.99 Å². The fourth-order valence-corrected chi connectivity index (χ4v) is 5.81. The summed E-state index contributed by atoms with van der Waals surface area (Å²) in [5.74, 6) is 0.873. The van der Waals surface area contributed by atoms with E-state index in [-0.39, 0.29) is 17.0 Å². The molecule has 0 aliphatic rings. The molecule has 0 aliphatic carbocycles. The highest BCUT2D eigenvalue weighted by Gasteiger charge is 2.11. The number of nitrogens with zero attached hydrogens (tertiary/aromatic N) is 2. The van der Waals surface area contributed by atoms with Crippen LogP contribution in [0.1, 0.15) is 5.56 Å². The topological polar surface area (TPSA) is 26.5 Å². The van der Waals surface area contributed by atoms with Crippen LogP contribution in [0.2, 0.25) is 4.34 Å². The number of thiazole rings is 1. The third kappa shape index (κ3) is 5.25. The van der Waals surface area contributed by atoms with Crippen LogP contribution in [0.3, 0.4) is 0 Å². The van der Waals surface area contributed by atoms with Crippen LogP contribution in [0.25, 0.3) is 21.3 Å². The largest absolute Gasteiger partial charge is 0.497 e. The zero-order valence-corrected chi connectivity index (χ0v) is 22.0. The van der Waals surface area contributed by atoms with Crippen LogP contribution in [0.15, 0.2) is 89.2 Å². The van der Waals surface area contributed by atoms with Gasteiger partial charge in [-0.1, -0.05) is 60.1 Å². The van der Waals surface area contributed by atoms with Gasteiger partial charge in [-0.05, 0) is 47.7 Å². The van der Waals surface area contributed by atoms with Crippen LogP contribution in [-0.4, -0.2) is 11.7 Å². The van der Waals surface area contributed by atoms with E-state index in [4.69, 9.17) is 21.3 Å². The molecule has 0 fully saturated rings. The second-order valence-electron chi connectivity index (χ2n) is 7.37. The SMILES string of the molecule is Br.COc1ccc(CCn2c(-c3ccc(Cl)s3)csc2=Nc2cccc3ccccc23)cc1. The molecular weight excluding hydrogens is 536 g/mol. The Labute approximate surface area is 216 Å². The summed E-state index contributed by atoms with van der Waals surface area (Å²) in [5, 5.41) is 4.53. The van der Waals surface area contributed by atoms with Crippen molar-refractivity contribution in [1.82, 2.24) is 4.57 Å². The maximum absolute atomic E-state index is 6.24. The van der Waals surface area contributed by atoms with Gasteiger partial charge in [0.2, 0.25) is 0 Å². The molecule has 2 aromatic heterocycles. The summed E-state index contributed by atoms with van der Waals surface area (Å²) in [4.78, 5) is 7.23. The van der Waals surface area contributed by atoms with Crippen LogP contribution in [0.5, 0.6) is 5.75 Å². The van der Waals surface area contributed by atoms with Crippen LogP contribution in [-0.2, 0) is 13.0 Å². The van der Waals surface area contributed by atoms with Crippen molar-refractivity contribution in [1.29, 1.82) is 0 Å². The number of benzene rings is 3. The number of rotatable bonds is 6. The Balaban J connectivity index is 0.00000259. The maximum atomic E-state index is 6.24. The maximum Gasteiger partial charge on any atom is 0.190 e. The first-order valence-electron chi connectivity index (χ1n) is 10.3. The quantitative estimate of drug-likeness (QED) is 0.207. The first-order valence-corrected chi connectivity index (χ1v) is 12.4. The number of hydrogen-bond acceptors (Lipinski definition) is 4. The average molecular weight is 558 g/mol. The molecule has 0 saturated heterocycles. The third-order valence-electron chi connectivity index (χ3n) is 5.39. The van der Waals surface area contributed by atoms with Gasteiger partial charge < -0.3 is 9.30 Å². The van der Waals surface area contributed by atoms with Crippen LogP contribution < -0.4 is 9.54 Å². The predicted molar refractivity (Wildman–Crippen MR) is 147 cm³/mol. The van der Waals surface area contributed by atoms with Gasteiger partial charge in [-0.25, -0.2) is 4.99 Å². The highest BCUT2D eigenvalue weighted by atomic mass is 79.9. The Kier molecular flexibility index (Phi) is 7.71. The van der Waals surface area contributed by atoms with E-state index in [0.29, 0.717) is 0 Å². The minimum atomic E-state index is 0. The Hall–Kier alpha value is -2.38. The summed E-state index contributed by atoms with van der Waals surface area (Å²) < 4.78 is 8.39. The number of hydrogen-bond donors (Lipinski definition) is 0. The number of halogens is 2. The first-order chi connectivity index (χ1) is 15.7. The Bertz CT molecular complexity index is 1430. The number of fused-ring (bicyclic) bond motifs is 1. The predicted octanol–water partition coefficient (Wildman–Crippen LogP) is 8.15. The van der Waals surface area contributed by atoms with Crippen LogP contribution in [0.4, 0.5) is 5.69 Å². The number of ether oxygens (including phenoxy) is 1. The summed E-state index contributed by atoms with van der Waals surface area (Å²) in [7, 11) is 1.69. The summed E-state index contributed by atoms with van der Waals surface area (Å²) in [6.45, 7) is 0.824. The Morgan fingerprint density at radius 3 is 2.48 bits per heavy atom. The van der Waals surface area contributed by atoms with Gasteiger partial charge in [0.25, 0.3) is 0 Å². The van der Waals surface area contributed by atoms with Gasteiger partial charge in [0.15, 0.2) is 4.80 Å². The molecule has 5 aromatic rings. The van der Waals surface area contributed by atoms with Gasteiger partial charge in [0, 0.05) is 17.3 Å². The van der Waals surface area contributed by atoms with E-state index >= 15 is 0 Å². The third-order valence-corrected chi connectivity index (χ3v) is 7.51. The summed E-state index contributed by atoms with van der Waals surface area (Å²) >= 11 is 9.51. The number of methoxy groups -OCH3 is 1. The molecule has 7 heteroatoms. The molecule has 5 rings (SSSR count). The zero-order valence-electron chi connectivity index (χ0n) is 17.9. The normalized spacial score (nSPS) is 11.5. The molecule has 3 nitrogen and oxygen atoms in total. The molecule has 0 radical (unpaired) electrons. The summed E-state index contributed by atoms with van der Waals surface area (Å²) in [6.07, 6.45) is 0.898. The molecule has 0 aliphatic heterocycles. The van der Waals surface area contributed by atoms with Gasteiger partial charge in [0.05, 0.1) is 27.7 Å². The second-order valence-corrected chi connectivity index (χ2v) is 9.92. The fraction of sp³-hybridized carbons (Fsp3) is 0.115. The minimum absolute atomic E-state index is 0. The van der Waals surface area contributed by atoms with E-state index in [1.807, 2.05) is 18.2 Å². The average Bonchev–Trinajstić information content (AvgIpc) is 3.44. The summed E-state index contributed by atoms with van der Waals surface area (Å²) in [5.41, 5.74) is 3.40. The fourth-order valence-electron chi connectivity index (χ4n) is 3.73. The van der Waals surface area contributed by atoms with Gasteiger partial charge in [-0.15, -0.1) is 39.7 Å². The molecule has 3 aromatic carbocycles. The molecule has 0 saturated carbocycles. The molecule has 0 N–H and O–H groups in total. The Morgan fingerprint density at radius 2 is 1.73 bits per heavy atom. The molecule has 33 heavy (non-hydrogen) atoms. The highest BCUT2D eigenvalue weighted by Crippen LogP contribution is 2.32. The monoisotopic (exact) mass is 556 g/mol. The molecule has 168 valence electrons. The van der Waals surface area contributed by atoms with Crippen molar-refractivity contribution in [2.75, 3.05) is 7.11 Å². The lowest BCUT2D eigenvalue weighted by molar-refractivity contribution is 0.414. The van der Waals surface area contributed by atoms with E-state index < -0.39 is 0 Å². The molecule has 0 unspecified atom stereocenters. The van der Waals surface area contributed by atoms with Crippen molar-refractivity contribution >= 4 is 67.7 Å². The molecule has 2 heterocycles. The molecule has 0 amide bonds. The van der Waals surface area contributed by atoms with Crippen LogP contribution >= 0.6 is 51.3 Å². The van der Waals surface area contributed by atoms with Gasteiger partial charge >= 0.3 is 0 Å². The van der Waals surface area contributed by atoms with Crippen molar-refractivity contribution in [3.63, 3.8) is 0 Å². The van der Waals surface area contributed by atoms with Crippen molar-refractivity contribution in [3.05, 3.63) is 98.9 Å². The van der Waals surface area contributed by atoms with E-state index in [1.165, 1.54) is 10.9 Å². The van der Waals surface area contributed by atoms with E-state index in [1.54, 1.807) is 29.8 Å². The van der Waals surface area contributed by atoms with Gasteiger partial charge in [0.1, 0.15) is 5.75 Å². The first kappa shape index (κ1) is 23.8. The minimum Gasteiger partial charge on any atom is -0.497 e. The van der Waals surface area contributed by atoms with Gasteiger partial charge in [-0.2, -0.15) is 0 Å². The molecule has 0 atom stereocenters. The lowest BCUT2D eigenvalue weighted by atomic mass is 10.1. The summed E-state index contributed by atoms with van der Waals surface area (Å²) in [6, 6.07) is 26.9. The molecule has 0 spiro atoms. The lowest BCUT2D eigenvalue weighted by Gasteiger charge is -2.09. The number of thiophene rings is 1. The van der Waals surface area contributed by atoms with Crippen LogP contribution in [0, 0.1) is 0 Å². The number of aromatic nitrogens is 1. The smallest absolute Gasteiger partial charge is 0.190 e. The Morgan fingerprint density at radius 1 is 0.939 bits per heavy atom. The van der Waals surface area contributed by atoms with Crippen molar-refractivity contribution in [2.45, 2.75) is 13.0 Å². The van der Waals surface area contributed by atoms with E-state index in [0.717, 1.165) is 49.5 Å². The molecule has 0 bridgehead atoms. The zero-order chi connectivity index (χ0) is 21.9. The van der Waals surface area contributed by atoms with Gasteiger partial charge in [-0.3, -0.25) is 0 Å². The van der Waals surface area contributed by atoms with E-state index in [9.17, 15) is 0 Å². The standard InChI is InChI=1S/C26H21ClN2OS2.BrH/c1-30-20-11-9-18(10-12-20)15-16-29-23(24-13-14-25(27)32-24)17-31-26(29)28-22-8-4-6-19-5-2-3-7-21(19)22;/h2-14,17H,15-16H2,1H3;1H. The van der Waals surface area contributed by atoms with Crippen molar-refractivity contribution in [3.8, 4) is 16.3 Å². The lowest BCUT2D eigenvalue weighted by Crippen LogP contribution is -2.17. The molecular formula is C26H22BrClN2OS2. The van der Waals surface area contributed by atoms with Crippen molar-refractivity contribution < 1.29 is 4.74 Å². The van der Waals surface area contributed by atoms with E-state index in [2.05, 4.69) is 70.6 Å². The number of aryl methyl sites for hydroxylation is 1. The highest BCUT2D eigenvalue weighted by molar-refractivity contribution is 8.93. The second kappa shape index (κ2) is 10.7.